The predicted molar refractivity (Wildman–Crippen MR) is 101 cm³/mol. The summed E-state index contributed by atoms with van der Waals surface area (Å²) >= 11 is 0. The maximum Gasteiger partial charge on any atom is 0.341 e. The Morgan fingerprint density at radius 2 is 2.04 bits per heavy atom. The molecule has 1 aliphatic heterocycles. The quantitative estimate of drug-likeness (QED) is 0.845. The summed E-state index contributed by atoms with van der Waals surface area (Å²) < 4.78 is 5.56. The van der Waals surface area contributed by atoms with E-state index in [-0.39, 0.29) is 6.61 Å². The van der Waals surface area contributed by atoms with E-state index in [4.69, 9.17) is 9.84 Å². The fourth-order valence-electron chi connectivity index (χ4n) is 4.50. The number of hydrogen-bond donors (Lipinski definition) is 1. The number of aromatic nitrogens is 2. The highest BCUT2D eigenvalue weighted by molar-refractivity contribution is 5.69. The molecule has 2 aliphatic rings. The summed E-state index contributed by atoms with van der Waals surface area (Å²) in [4.78, 5) is 22.0. The molecule has 27 heavy (non-hydrogen) atoms. The highest BCUT2D eigenvalue weighted by atomic mass is 16.5. The third-order valence-corrected chi connectivity index (χ3v) is 5.59. The normalized spacial score (nSPS) is 22.4. The van der Waals surface area contributed by atoms with E-state index in [0.717, 1.165) is 48.3 Å². The van der Waals surface area contributed by atoms with E-state index in [1.807, 2.05) is 12.1 Å². The molecule has 2 heterocycles. The maximum absolute atomic E-state index is 10.9. The van der Waals surface area contributed by atoms with Gasteiger partial charge in [-0.25, -0.2) is 4.79 Å². The van der Waals surface area contributed by atoms with Gasteiger partial charge >= 0.3 is 5.97 Å². The Balaban J connectivity index is 1.58. The number of aliphatic carboxylic acids is 1. The van der Waals surface area contributed by atoms with Gasteiger partial charge in [0.1, 0.15) is 5.75 Å². The lowest BCUT2D eigenvalue weighted by Gasteiger charge is -2.41. The molecule has 0 spiro atoms. The van der Waals surface area contributed by atoms with Crippen LogP contribution in [0.4, 0.5) is 0 Å². The minimum Gasteiger partial charge on any atom is -0.482 e. The number of piperidine rings is 1. The van der Waals surface area contributed by atoms with Crippen molar-refractivity contribution in [2.24, 2.45) is 11.8 Å². The molecule has 0 amide bonds. The number of likely N-dealkylation sites (tertiary alicyclic amines) is 1. The molecule has 1 N–H and O–H groups in total. The zero-order chi connectivity index (χ0) is 18.6. The molecule has 4 rings (SSSR count). The van der Waals surface area contributed by atoms with Crippen molar-refractivity contribution in [1.29, 1.82) is 0 Å². The first kappa shape index (κ1) is 17.9. The van der Waals surface area contributed by atoms with E-state index >= 15 is 0 Å². The molecule has 2 fully saturated rings. The molecule has 1 aliphatic carbocycles. The minimum atomic E-state index is -0.966. The van der Waals surface area contributed by atoms with Crippen molar-refractivity contribution in [2.75, 3.05) is 19.7 Å². The molecule has 2 bridgehead atoms. The number of carboxylic acids is 1. The van der Waals surface area contributed by atoms with Gasteiger partial charge in [0.25, 0.3) is 0 Å². The Morgan fingerprint density at radius 3 is 2.74 bits per heavy atom. The summed E-state index contributed by atoms with van der Waals surface area (Å²) in [5.74, 6) is 1.26. The number of benzene rings is 1. The van der Waals surface area contributed by atoms with Crippen molar-refractivity contribution < 1.29 is 14.6 Å². The first-order chi connectivity index (χ1) is 13.2. The molecule has 0 unspecified atom stereocenters. The van der Waals surface area contributed by atoms with E-state index in [0.29, 0.717) is 5.75 Å². The fraction of sp³-hybridized carbons (Fsp3) is 0.476. The summed E-state index contributed by atoms with van der Waals surface area (Å²) in [7, 11) is 0. The van der Waals surface area contributed by atoms with Crippen molar-refractivity contribution >= 4 is 5.97 Å². The fourth-order valence-corrected chi connectivity index (χ4v) is 4.50. The molecular weight excluding hydrogens is 342 g/mol. The number of carbonyl (C=O) groups is 1. The van der Waals surface area contributed by atoms with Gasteiger partial charge < -0.3 is 9.84 Å². The molecule has 1 saturated carbocycles. The van der Waals surface area contributed by atoms with E-state index < -0.39 is 5.97 Å². The van der Waals surface area contributed by atoms with Gasteiger partial charge in [-0.15, -0.1) is 0 Å². The predicted octanol–water partition coefficient (Wildman–Crippen LogP) is 3.23. The maximum atomic E-state index is 10.9. The Kier molecular flexibility index (Phi) is 5.34. The highest BCUT2D eigenvalue weighted by Crippen LogP contribution is 2.36. The lowest BCUT2D eigenvalue weighted by Crippen LogP contribution is -2.42. The zero-order valence-electron chi connectivity index (χ0n) is 15.4. The molecular formula is C21H25N3O3. The van der Waals surface area contributed by atoms with Gasteiger partial charge in [-0.2, -0.15) is 0 Å². The molecule has 142 valence electrons. The van der Waals surface area contributed by atoms with E-state index in [1.165, 1.54) is 25.7 Å². The van der Waals surface area contributed by atoms with Gasteiger partial charge in [0.2, 0.25) is 0 Å². The second kappa shape index (κ2) is 8.05. The zero-order valence-corrected chi connectivity index (χ0v) is 15.4. The number of fused-ring (bicyclic) bond motifs is 2. The lowest BCUT2D eigenvalue weighted by atomic mass is 9.78. The minimum absolute atomic E-state index is 0.331. The van der Waals surface area contributed by atoms with Gasteiger partial charge in [0.05, 0.1) is 11.9 Å². The van der Waals surface area contributed by atoms with Crippen LogP contribution in [0.25, 0.3) is 11.3 Å². The number of rotatable bonds is 6. The molecule has 6 nitrogen and oxygen atoms in total. The average molecular weight is 367 g/mol. The van der Waals surface area contributed by atoms with Crippen molar-refractivity contribution in [2.45, 2.75) is 32.2 Å². The number of carboxylic acid groups (broad SMARTS) is 1. The standard InChI is InChI=1S/C21H25N3O3/c25-21(26)14-27-20-5-4-17(19-10-22-6-7-23-19)9-18(20)13-24-11-15-2-1-3-16(8-15)12-24/h4-7,9-10,15-16H,1-3,8,11-14H2,(H,25,26)/t15-,16-/m1/s1. The third kappa shape index (κ3) is 4.45. The van der Waals surface area contributed by atoms with Crippen LogP contribution >= 0.6 is 0 Å². The van der Waals surface area contributed by atoms with Gasteiger partial charge in [0.15, 0.2) is 6.61 Å². The second-order valence-corrected chi connectivity index (χ2v) is 7.69. The molecule has 2 aromatic rings. The molecule has 0 radical (unpaired) electrons. The summed E-state index contributed by atoms with van der Waals surface area (Å²) in [6.07, 6.45) is 10.4. The third-order valence-electron chi connectivity index (χ3n) is 5.59. The summed E-state index contributed by atoms with van der Waals surface area (Å²) in [5, 5.41) is 8.97. The molecule has 6 heteroatoms. The topological polar surface area (TPSA) is 75.5 Å². The van der Waals surface area contributed by atoms with Crippen molar-refractivity contribution in [3.8, 4) is 17.0 Å². The monoisotopic (exact) mass is 367 g/mol. The Morgan fingerprint density at radius 1 is 1.22 bits per heavy atom. The second-order valence-electron chi connectivity index (χ2n) is 7.69. The van der Waals surface area contributed by atoms with Crippen molar-refractivity contribution in [3.63, 3.8) is 0 Å². The van der Waals surface area contributed by atoms with Crippen LogP contribution in [0.3, 0.4) is 0 Å². The van der Waals surface area contributed by atoms with Crippen LogP contribution < -0.4 is 4.74 Å². The van der Waals surface area contributed by atoms with Crippen LogP contribution in [-0.4, -0.2) is 45.6 Å². The van der Waals surface area contributed by atoms with Crippen molar-refractivity contribution in [3.05, 3.63) is 42.4 Å². The molecule has 1 aromatic heterocycles. The van der Waals surface area contributed by atoms with Crippen LogP contribution in [-0.2, 0) is 11.3 Å². The van der Waals surface area contributed by atoms with E-state index in [1.54, 1.807) is 18.6 Å². The summed E-state index contributed by atoms with van der Waals surface area (Å²) in [6, 6.07) is 5.83. The van der Waals surface area contributed by atoms with Crippen molar-refractivity contribution in [1.82, 2.24) is 14.9 Å². The first-order valence-electron chi connectivity index (χ1n) is 9.63. The first-order valence-corrected chi connectivity index (χ1v) is 9.63. The number of nitrogens with zero attached hydrogens (tertiary/aromatic N) is 3. The SMILES string of the molecule is O=C(O)COc1ccc(-c2cnccn2)cc1CN1C[C@@H]2CCC[C@H](C2)C1. The van der Waals surface area contributed by atoms with Crippen LogP contribution in [0.1, 0.15) is 31.2 Å². The van der Waals surface area contributed by atoms with Gasteiger partial charge in [-0.3, -0.25) is 14.9 Å². The smallest absolute Gasteiger partial charge is 0.341 e. The Hall–Kier alpha value is -2.47. The Bertz CT molecular complexity index is 785. The largest absolute Gasteiger partial charge is 0.482 e. The van der Waals surface area contributed by atoms with Gasteiger partial charge in [-0.05, 0) is 49.3 Å². The van der Waals surface area contributed by atoms with E-state index in [2.05, 4.69) is 20.9 Å². The Labute approximate surface area is 159 Å². The van der Waals surface area contributed by atoms with Crippen LogP contribution in [0.5, 0.6) is 5.75 Å². The summed E-state index contributed by atoms with van der Waals surface area (Å²) in [5.41, 5.74) is 2.79. The molecule has 1 aromatic carbocycles. The van der Waals surface area contributed by atoms with Crippen LogP contribution in [0, 0.1) is 11.8 Å². The molecule has 1 saturated heterocycles. The number of ether oxygens (including phenoxy) is 1. The lowest BCUT2D eigenvalue weighted by molar-refractivity contribution is -0.139. The van der Waals surface area contributed by atoms with Crippen LogP contribution in [0.15, 0.2) is 36.8 Å². The van der Waals surface area contributed by atoms with Gasteiger partial charge in [-0.1, -0.05) is 6.42 Å². The summed E-state index contributed by atoms with van der Waals surface area (Å²) in [6.45, 7) is 2.67. The highest BCUT2D eigenvalue weighted by Gasteiger charge is 2.30. The van der Waals surface area contributed by atoms with Gasteiger partial charge in [0, 0.05) is 43.2 Å². The average Bonchev–Trinajstić information content (AvgIpc) is 2.67. The molecule has 2 atom stereocenters. The number of hydrogen-bond acceptors (Lipinski definition) is 5. The van der Waals surface area contributed by atoms with E-state index in [9.17, 15) is 4.79 Å². The van der Waals surface area contributed by atoms with Crippen LogP contribution in [0.2, 0.25) is 0 Å².